The molecule has 1 amide bonds. The highest BCUT2D eigenvalue weighted by Crippen LogP contribution is 2.23. The molecule has 0 radical (unpaired) electrons. The monoisotopic (exact) mass is 293 g/mol. The predicted octanol–water partition coefficient (Wildman–Crippen LogP) is 2.18. The van der Waals surface area contributed by atoms with Crippen LogP contribution in [-0.4, -0.2) is 17.6 Å². The van der Waals surface area contributed by atoms with Crippen molar-refractivity contribution >= 4 is 5.91 Å². The Kier molecular flexibility index (Phi) is 4.49. The summed E-state index contributed by atoms with van der Waals surface area (Å²) in [6, 6.07) is 9.41. The smallest absolute Gasteiger partial charge is 0.252 e. The molecule has 110 valence electrons. The standard InChI is InChI=1S/C15H13F2NO3/c16-10-5-3-6-11(17)14(10)12(19)8-21-13-7-2-1-4-9(13)15(18)20/h1-7,12,19H,8H2,(H2,18,20). The van der Waals surface area contributed by atoms with Crippen LogP contribution < -0.4 is 10.5 Å². The molecule has 0 bridgehead atoms. The number of carbonyl (C=O) groups excluding carboxylic acids is 1. The number of aliphatic hydroxyl groups is 1. The van der Waals surface area contributed by atoms with Crippen LogP contribution in [0.25, 0.3) is 0 Å². The summed E-state index contributed by atoms with van der Waals surface area (Å²) < 4.78 is 32.2. The normalized spacial score (nSPS) is 12.0. The number of benzene rings is 2. The Hall–Kier alpha value is -2.47. The largest absolute Gasteiger partial charge is 0.490 e. The maximum absolute atomic E-state index is 13.5. The van der Waals surface area contributed by atoms with Crippen molar-refractivity contribution in [3.8, 4) is 5.75 Å². The fraction of sp³-hybridized carbons (Fsp3) is 0.133. The number of nitrogens with two attached hydrogens (primary N) is 1. The van der Waals surface area contributed by atoms with Crippen molar-refractivity contribution in [2.24, 2.45) is 5.73 Å². The lowest BCUT2D eigenvalue weighted by Gasteiger charge is -2.15. The molecule has 21 heavy (non-hydrogen) atoms. The third-order valence-corrected chi connectivity index (χ3v) is 2.88. The lowest BCUT2D eigenvalue weighted by molar-refractivity contribution is 0.0946. The third kappa shape index (κ3) is 3.35. The highest BCUT2D eigenvalue weighted by Gasteiger charge is 2.19. The van der Waals surface area contributed by atoms with E-state index < -0.39 is 35.8 Å². The molecule has 2 aromatic rings. The first-order valence-corrected chi connectivity index (χ1v) is 6.14. The zero-order valence-electron chi connectivity index (χ0n) is 10.9. The van der Waals surface area contributed by atoms with Crippen molar-refractivity contribution in [2.75, 3.05) is 6.61 Å². The van der Waals surface area contributed by atoms with Crippen LogP contribution in [0.15, 0.2) is 42.5 Å². The Morgan fingerprint density at radius 2 is 1.76 bits per heavy atom. The van der Waals surface area contributed by atoms with E-state index in [4.69, 9.17) is 10.5 Å². The van der Waals surface area contributed by atoms with Crippen LogP contribution >= 0.6 is 0 Å². The van der Waals surface area contributed by atoms with Crippen molar-refractivity contribution in [3.05, 3.63) is 65.2 Å². The van der Waals surface area contributed by atoms with Crippen LogP contribution in [0.1, 0.15) is 22.0 Å². The molecule has 4 nitrogen and oxygen atoms in total. The summed E-state index contributed by atoms with van der Waals surface area (Å²) >= 11 is 0. The summed E-state index contributed by atoms with van der Waals surface area (Å²) in [6.45, 7) is -0.415. The minimum Gasteiger partial charge on any atom is -0.490 e. The first-order chi connectivity index (χ1) is 10.0. The van der Waals surface area contributed by atoms with Gasteiger partial charge in [0.15, 0.2) is 0 Å². The molecule has 3 N–H and O–H groups in total. The molecule has 6 heteroatoms. The van der Waals surface area contributed by atoms with Crippen molar-refractivity contribution in [1.29, 1.82) is 0 Å². The van der Waals surface area contributed by atoms with Crippen LogP contribution in [0.2, 0.25) is 0 Å². The Balaban J connectivity index is 2.15. The van der Waals surface area contributed by atoms with Crippen molar-refractivity contribution < 1.29 is 23.4 Å². The van der Waals surface area contributed by atoms with Gasteiger partial charge in [0.2, 0.25) is 0 Å². The van der Waals surface area contributed by atoms with E-state index in [9.17, 15) is 18.7 Å². The average Bonchev–Trinajstić information content (AvgIpc) is 2.45. The lowest BCUT2D eigenvalue weighted by atomic mass is 10.1. The van der Waals surface area contributed by atoms with Gasteiger partial charge < -0.3 is 15.6 Å². The quantitative estimate of drug-likeness (QED) is 0.887. The van der Waals surface area contributed by atoms with Crippen LogP contribution in [0.5, 0.6) is 5.75 Å². The fourth-order valence-corrected chi connectivity index (χ4v) is 1.88. The number of hydrogen-bond acceptors (Lipinski definition) is 3. The minimum absolute atomic E-state index is 0.124. The molecular formula is C15H13F2NO3. The number of aliphatic hydroxyl groups excluding tert-OH is 1. The molecule has 0 aromatic heterocycles. The summed E-state index contributed by atoms with van der Waals surface area (Å²) in [7, 11) is 0. The van der Waals surface area contributed by atoms with E-state index in [1.165, 1.54) is 18.2 Å². The number of halogens is 2. The fourth-order valence-electron chi connectivity index (χ4n) is 1.88. The van der Waals surface area contributed by atoms with E-state index in [2.05, 4.69) is 0 Å². The summed E-state index contributed by atoms with van der Waals surface area (Å²) in [5.41, 5.74) is 4.82. The highest BCUT2D eigenvalue weighted by molar-refractivity contribution is 5.95. The summed E-state index contributed by atoms with van der Waals surface area (Å²) in [6.07, 6.45) is -1.51. The van der Waals surface area contributed by atoms with Crippen molar-refractivity contribution in [3.63, 3.8) is 0 Å². The second-order valence-electron chi connectivity index (χ2n) is 4.32. The number of carbonyl (C=O) groups is 1. The van der Waals surface area contributed by atoms with E-state index in [0.717, 1.165) is 12.1 Å². The van der Waals surface area contributed by atoms with E-state index in [-0.39, 0.29) is 11.3 Å². The maximum Gasteiger partial charge on any atom is 0.252 e. The van der Waals surface area contributed by atoms with Gasteiger partial charge in [-0.15, -0.1) is 0 Å². The van der Waals surface area contributed by atoms with Gasteiger partial charge in [-0.3, -0.25) is 4.79 Å². The summed E-state index contributed by atoms with van der Waals surface area (Å²) in [5, 5.41) is 9.85. The number of para-hydroxylation sites is 1. The Labute approximate surface area is 119 Å². The van der Waals surface area contributed by atoms with E-state index in [1.54, 1.807) is 12.1 Å². The van der Waals surface area contributed by atoms with Gasteiger partial charge in [0.05, 0.1) is 11.1 Å². The molecule has 0 spiro atoms. The van der Waals surface area contributed by atoms with Gasteiger partial charge in [-0.1, -0.05) is 18.2 Å². The van der Waals surface area contributed by atoms with E-state index in [0.29, 0.717) is 0 Å². The molecule has 0 aliphatic rings. The van der Waals surface area contributed by atoms with Gasteiger partial charge in [-0.2, -0.15) is 0 Å². The minimum atomic E-state index is -1.51. The molecule has 0 fully saturated rings. The Morgan fingerprint density at radius 3 is 2.38 bits per heavy atom. The Morgan fingerprint density at radius 1 is 1.14 bits per heavy atom. The van der Waals surface area contributed by atoms with Gasteiger partial charge in [0.1, 0.15) is 30.1 Å². The predicted molar refractivity (Wildman–Crippen MR) is 71.8 cm³/mol. The van der Waals surface area contributed by atoms with Gasteiger partial charge >= 0.3 is 0 Å². The van der Waals surface area contributed by atoms with Crippen LogP contribution in [0, 0.1) is 11.6 Å². The maximum atomic E-state index is 13.5. The number of hydrogen-bond donors (Lipinski definition) is 2. The number of rotatable bonds is 5. The summed E-state index contributed by atoms with van der Waals surface area (Å²) in [5.74, 6) is -2.29. The number of amides is 1. The van der Waals surface area contributed by atoms with E-state index >= 15 is 0 Å². The first-order valence-electron chi connectivity index (χ1n) is 6.14. The molecule has 0 saturated heterocycles. The molecule has 0 aliphatic heterocycles. The average molecular weight is 293 g/mol. The van der Waals surface area contributed by atoms with Gasteiger partial charge in [0.25, 0.3) is 5.91 Å². The van der Waals surface area contributed by atoms with Gasteiger partial charge in [-0.25, -0.2) is 8.78 Å². The second kappa shape index (κ2) is 6.32. The Bertz CT molecular complexity index is 641. The first kappa shape index (κ1) is 14.9. The molecule has 0 heterocycles. The topological polar surface area (TPSA) is 72.6 Å². The van der Waals surface area contributed by atoms with E-state index in [1.807, 2.05) is 0 Å². The van der Waals surface area contributed by atoms with Gasteiger partial charge in [0, 0.05) is 0 Å². The molecule has 2 aromatic carbocycles. The number of ether oxygens (including phenoxy) is 1. The highest BCUT2D eigenvalue weighted by atomic mass is 19.1. The van der Waals surface area contributed by atoms with Crippen molar-refractivity contribution in [2.45, 2.75) is 6.10 Å². The lowest BCUT2D eigenvalue weighted by Crippen LogP contribution is -2.16. The molecule has 0 aliphatic carbocycles. The molecule has 1 atom stereocenters. The zero-order valence-corrected chi connectivity index (χ0v) is 10.9. The van der Waals surface area contributed by atoms with Crippen LogP contribution in [-0.2, 0) is 0 Å². The van der Waals surface area contributed by atoms with Gasteiger partial charge in [-0.05, 0) is 24.3 Å². The zero-order chi connectivity index (χ0) is 15.4. The molecule has 2 rings (SSSR count). The second-order valence-corrected chi connectivity index (χ2v) is 4.32. The number of primary amides is 1. The summed E-state index contributed by atoms with van der Waals surface area (Å²) in [4.78, 5) is 11.2. The molecular weight excluding hydrogens is 280 g/mol. The van der Waals surface area contributed by atoms with Crippen LogP contribution in [0.3, 0.4) is 0 Å². The van der Waals surface area contributed by atoms with Crippen LogP contribution in [0.4, 0.5) is 8.78 Å². The third-order valence-electron chi connectivity index (χ3n) is 2.88. The SMILES string of the molecule is NC(=O)c1ccccc1OCC(O)c1c(F)cccc1F. The van der Waals surface area contributed by atoms with Crippen molar-refractivity contribution in [1.82, 2.24) is 0 Å². The molecule has 0 saturated carbocycles. The molecule has 1 unspecified atom stereocenters.